The molecule has 1 aliphatic heterocycles. The molecule has 0 saturated carbocycles. The maximum absolute atomic E-state index is 13.5. The summed E-state index contributed by atoms with van der Waals surface area (Å²) in [6.45, 7) is 2.89. The predicted molar refractivity (Wildman–Crippen MR) is 80.2 cm³/mol. The highest BCUT2D eigenvalue weighted by Crippen LogP contribution is 2.23. The van der Waals surface area contributed by atoms with Gasteiger partial charge in [0, 0.05) is 16.4 Å². The number of piperidine rings is 1. The molecule has 0 unspecified atom stereocenters. The van der Waals surface area contributed by atoms with Crippen LogP contribution >= 0.6 is 28.3 Å². The van der Waals surface area contributed by atoms with Crippen LogP contribution in [0, 0.1) is 11.7 Å². The van der Waals surface area contributed by atoms with Crippen LogP contribution in [-0.2, 0) is 4.79 Å². The van der Waals surface area contributed by atoms with Gasteiger partial charge in [-0.05, 0) is 44.5 Å². The van der Waals surface area contributed by atoms with E-state index in [4.69, 9.17) is 0 Å². The molecule has 3 nitrogen and oxygen atoms in total. The minimum absolute atomic E-state index is 0. The summed E-state index contributed by atoms with van der Waals surface area (Å²) in [6.07, 6.45) is 1.59. The molecule has 106 valence electrons. The molecule has 1 aliphatic rings. The first kappa shape index (κ1) is 16.4. The van der Waals surface area contributed by atoms with Crippen LogP contribution < -0.4 is 10.6 Å². The van der Waals surface area contributed by atoms with Crippen LogP contribution in [0.2, 0.25) is 0 Å². The Kier molecular flexibility index (Phi) is 6.23. The first-order valence-electron chi connectivity index (χ1n) is 6.05. The molecule has 1 aromatic rings. The van der Waals surface area contributed by atoms with E-state index in [1.807, 2.05) is 0 Å². The van der Waals surface area contributed by atoms with Crippen molar-refractivity contribution in [3.05, 3.63) is 28.5 Å². The maximum Gasteiger partial charge on any atom is 0.227 e. The van der Waals surface area contributed by atoms with Gasteiger partial charge in [0.25, 0.3) is 0 Å². The topological polar surface area (TPSA) is 41.1 Å². The van der Waals surface area contributed by atoms with Gasteiger partial charge in [0.2, 0.25) is 5.91 Å². The molecule has 6 heteroatoms. The fourth-order valence-corrected chi connectivity index (χ4v) is 2.56. The van der Waals surface area contributed by atoms with Gasteiger partial charge in [-0.2, -0.15) is 0 Å². The smallest absolute Gasteiger partial charge is 0.227 e. The van der Waals surface area contributed by atoms with Crippen molar-refractivity contribution in [2.45, 2.75) is 25.8 Å². The molecule has 2 atom stereocenters. The van der Waals surface area contributed by atoms with Crippen molar-refractivity contribution in [3.8, 4) is 0 Å². The number of amides is 1. The summed E-state index contributed by atoms with van der Waals surface area (Å²) < 4.78 is 14.3. The van der Waals surface area contributed by atoms with Gasteiger partial charge in [-0.15, -0.1) is 12.4 Å². The molecule has 2 N–H and O–H groups in total. The van der Waals surface area contributed by atoms with E-state index in [0.29, 0.717) is 6.04 Å². The number of carbonyl (C=O) groups excluding carboxylic acids is 1. The zero-order valence-electron chi connectivity index (χ0n) is 10.6. The minimum Gasteiger partial charge on any atom is -0.323 e. The van der Waals surface area contributed by atoms with E-state index in [-0.39, 0.29) is 29.9 Å². The Morgan fingerprint density at radius 2 is 2.26 bits per heavy atom. The van der Waals surface area contributed by atoms with Crippen molar-refractivity contribution in [1.82, 2.24) is 5.32 Å². The number of hydrogen-bond acceptors (Lipinski definition) is 2. The lowest BCUT2D eigenvalue weighted by atomic mass is 9.92. The van der Waals surface area contributed by atoms with Crippen LogP contribution in [0.25, 0.3) is 0 Å². The Balaban J connectivity index is 0.00000180. The second-order valence-electron chi connectivity index (χ2n) is 4.69. The van der Waals surface area contributed by atoms with E-state index in [1.54, 1.807) is 12.1 Å². The monoisotopic (exact) mass is 350 g/mol. The molecule has 0 spiro atoms. The number of rotatable bonds is 2. The van der Waals surface area contributed by atoms with E-state index >= 15 is 0 Å². The normalized spacial score (nSPS) is 22.5. The lowest BCUT2D eigenvalue weighted by molar-refractivity contribution is -0.120. The van der Waals surface area contributed by atoms with Crippen molar-refractivity contribution in [2.75, 3.05) is 11.9 Å². The number of benzene rings is 1. The highest BCUT2D eigenvalue weighted by atomic mass is 79.9. The Bertz CT molecular complexity index is 458. The first-order valence-corrected chi connectivity index (χ1v) is 6.85. The van der Waals surface area contributed by atoms with Crippen LogP contribution in [0.1, 0.15) is 19.8 Å². The molecule has 1 heterocycles. The van der Waals surface area contributed by atoms with Crippen LogP contribution in [0.15, 0.2) is 22.7 Å². The Hall–Kier alpha value is -0.650. The van der Waals surface area contributed by atoms with Gasteiger partial charge < -0.3 is 10.6 Å². The molecular formula is C13H17BrClFN2O. The molecule has 1 fully saturated rings. The number of halogens is 3. The zero-order valence-corrected chi connectivity index (χ0v) is 13.0. The summed E-state index contributed by atoms with van der Waals surface area (Å²) in [5.41, 5.74) is 0.237. The highest BCUT2D eigenvalue weighted by molar-refractivity contribution is 9.10. The van der Waals surface area contributed by atoms with Crippen molar-refractivity contribution >= 4 is 39.9 Å². The summed E-state index contributed by atoms with van der Waals surface area (Å²) in [5.74, 6) is -0.548. The largest absolute Gasteiger partial charge is 0.323 e. The summed E-state index contributed by atoms with van der Waals surface area (Å²) in [6, 6.07) is 4.86. The van der Waals surface area contributed by atoms with Gasteiger partial charge in [-0.1, -0.05) is 15.9 Å². The third-order valence-corrected chi connectivity index (χ3v) is 3.67. The second kappa shape index (κ2) is 7.22. The number of carbonyl (C=O) groups is 1. The lowest BCUT2D eigenvalue weighted by Gasteiger charge is -2.27. The number of hydrogen-bond donors (Lipinski definition) is 2. The molecule has 0 aliphatic carbocycles. The van der Waals surface area contributed by atoms with Crippen molar-refractivity contribution in [3.63, 3.8) is 0 Å². The van der Waals surface area contributed by atoms with Crippen LogP contribution in [-0.4, -0.2) is 18.5 Å². The third-order valence-electron chi connectivity index (χ3n) is 3.18. The predicted octanol–water partition coefficient (Wildman–Crippen LogP) is 3.34. The summed E-state index contributed by atoms with van der Waals surface area (Å²) in [7, 11) is 0. The van der Waals surface area contributed by atoms with Crippen LogP contribution in [0.4, 0.5) is 10.1 Å². The fraction of sp³-hybridized carbons (Fsp3) is 0.462. The summed E-state index contributed by atoms with van der Waals surface area (Å²) >= 11 is 3.26. The Morgan fingerprint density at radius 1 is 1.53 bits per heavy atom. The molecule has 1 aromatic carbocycles. The van der Waals surface area contributed by atoms with E-state index < -0.39 is 5.82 Å². The number of anilines is 1. The van der Waals surface area contributed by atoms with Crippen LogP contribution in [0.5, 0.6) is 0 Å². The van der Waals surface area contributed by atoms with Crippen molar-refractivity contribution in [2.24, 2.45) is 5.92 Å². The zero-order chi connectivity index (χ0) is 13.1. The Labute approximate surface area is 126 Å². The molecular weight excluding hydrogens is 335 g/mol. The second-order valence-corrected chi connectivity index (χ2v) is 5.61. The Morgan fingerprint density at radius 3 is 2.95 bits per heavy atom. The summed E-state index contributed by atoms with van der Waals surface area (Å²) in [4.78, 5) is 12.1. The van der Waals surface area contributed by atoms with Gasteiger partial charge >= 0.3 is 0 Å². The molecule has 0 radical (unpaired) electrons. The maximum atomic E-state index is 13.5. The minimum atomic E-state index is -0.409. The molecule has 19 heavy (non-hydrogen) atoms. The molecule has 1 saturated heterocycles. The highest BCUT2D eigenvalue weighted by Gasteiger charge is 2.25. The van der Waals surface area contributed by atoms with Gasteiger partial charge in [0.05, 0.1) is 5.69 Å². The molecule has 0 aromatic heterocycles. The number of nitrogens with one attached hydrogen (secondary N) is 2. The fourth-order valence-electron chi connectivity index (χ4n) is 2.20. The standard InChI is InChI=1S/C13H16BrFN2O.ClH/c1-8-6-9(4-5-16-8)13(18)17-12-7-10(14)2-3-11(12)15;/h2-3,7-9,16H,4-6H2,1H3,(H,17,18);1H/t8-,9-;/m0./s1. The van der Waals surface area contributed by atoms with E-state index in [1.165, 1.54) is 6.07 Å². The van der Waals surface area contributed by atoms with E-state index in [9.17, 15) is 9.18 Å². The quantitative estimate of drug-likeness (QED) is 0.858. The average Bonchev–Trinajstić information content (AvgIpc) is 2.34. The summed E-state index contributed by atoms with van der Waals surface area (Å²) in [5, 5.41) is 5.96. The lowest BCUT2D eigenvalue weighted by Crippen LogP contribution is -2.40. The third kappa shape index (κ3) is 4.44. The molecule has 1 amide bonds. The van der Waals surface area contributed by atoms with Gasteiger partial charge in [0.1, 0.15) is 5.82 Å². The SMILES string of the molecule is C[C@H]1C[C@@H](C(=O)Nc2cc(Br)ccc2F)CCN1.Cl. The first-order chi connectivity index (χ1) is 8.56. The average molecular weight is 352 g/mol. The van der Waals surface area contributed by atoms with Gasteiger partial charge in [-0.3, -0.25) is 4.79 Å². The van der Waals surface area contributed by atoms with E-state index in [0.717, 1.165) is 23.9 Å². The van der Waals surface area contributed by atoms with E-state index in [2.05, 4.69) is 33.5 Å². The molecule has 0 bridgehead atoms. The van der Waals surface area contributed by atoms with Gasteiger partial charge in [-0.25, -0.2) is 4.39 Å². The molecule has 2 rings (SSSR count). The van der Waals surface area contributed by atoms with Gasteiger partial charge in [0.15, 0.2) is 0 Å². The van der Waals surface area contributed by atoms with Crippen molar-refractivity contribution in [1.29, 1.82) is 0 Å². The van der Waals surface area contributed by atoms with Crippen molar-refractivity contribution < 1.29 is 9.18 Å². The van der Waals surface area contributed by atoms with Crippen LogP contribution in [0.3, 0.4) is 0 Å².